The molecule has 3 heteroatoms. The number of carbonyl (C=O) groups is 1. The number of unbranched alkanes of at least 4 members (excludes halogenated alkanes) is 8. The van der Waals surface area contributed by atoms with Crippen LogP contribution in [0.2, 0.25) is 0 Å². The van der Waals surface area contributed by atoms with Gasteiger partial charge in [0.15, 0.2) is 17.3 Å². The third-order valence-corrected chi connectivity index (χ3v) is 4.92. The third-order valence-electron chi connectivity index (χ3n) is 4.92. The average Bonchev–Trinajstić information content (AvgIpc) is 2.70. The Kier molecular flexibility index (Phi) is 14.0. The summed E-state index contributed by atoms with van der Waals surface area (Å²) in [7, 11) is 0. The van der Waals surface area contributed by atoms with Gasteiger partial charge in [-0.25, -0.2) is 0 Å². The van der Waals surface area contributed by atoms with Crippen molar-refractivity contribution in [2.24, 2.45) is 0 Å². The lowest BCUT2D eigenvalue weighted by atomic mass is 10.0. The average molecular weight is 389 g/mol. The minimum Gasteiger partial charge on any atom is -0.504 e. The lowest BCUT2D eigenvalue weighted by Crippen LogP contribution is -1.96. The summed E-state index contributed by atoms with van der Waals surface area (Å²) < 4.78 is 5.55. The molecule has 1 aromatic rings. The molecule has 3 nitrogen and oxygen atoms in total. The second-order valence-electron chi connectivity index (χ2n) is 7.64. The zero-order valence-corrected chi connectivity index (χ0v) is 18.0. The van der Waals surface area contributed by atoms with E-state index >= 15 is 0 Å². The molecule has 0 aliphatic heterocycles. The van der Waals surface area contributed by atoms with Gasteiger partial charge in [0.25, 0.3) is 0 Å². The number of ether oxygens (including phenoxy) is 1. The van der Waals surface area contributed by atoms with E-state index in [2.05, 4.69) is 6.92 Å². The van der Waals surface area contributed by atoms with Crippen LogP contribution >= 0.6 is 0 Å². The van der Waals surface area contributed by atoms with Crippen LogP contribution in [0.4, 0.5) is 0 Å². The second kappa shape index (κ2) is 16.2. The molecule has 0 saturated carbocycles. The van der Waals surface area contributed by atoms with Crippen molar-refractivity contribution in [1.29, 1.82) is 0 Å². The van der Waals surface area contributed by atoms with Gasteiger partial charge < -0.3 is 9.84 Å². The van der Waals surface area contributed by atoms with Gasteiger partial charge in [0.1, 0.15) is 0 Å². The molecular formula is C25H40O3. The highest BCUT2D eigenvalue weighted by Gasteiger charge is 2.03. The van der Waals surface area contributed by atoms with E-state index in [0.717, 1.165) is 31.2 Å². The maximum Gasteiger partial charge on any atom is 0.161 e. The molecule has 1 N–H and O–H groups in total. The molecule has 0 aliphatic rings. The first-order valence-electron chi connectivity index (χ1n) is 11.3. The fraction of sp³-hybridized carbons (Fsp3) is 0.640. The highest BCUT2D eigenvalue weighted by Crippen LogP contribution is 2.27. The van der Waals surface area contributed by atoms with Crippen molar-refractivity contribution in [2.75, 3.05) is 6.61 Å². The smallest absolute Gasteiger partial charge is 0.161 e. The monoisotopic (exact) mass is 388 g/mol. The fourth-order valence-electron chi connectivity index (χ4n) is 3.20. The van der Waals surface area contributed by atoms with Crippen LogP contribution in [-0.4, -0.2) is 17.5 Å². The van der Waals surface area contributed by atoms with E-state index in [0.29, 0.717) is 18.8 Å². The van der Waals surface area contributed by atoms with Crippen LogP contribution in [0, 0.1) is 0 Å². The van der Waals surface area contributed by atoms with E-state index in [4.69, 9.17) is 4.74 Å². The quantitative estimate of drug-likeness (QED) is 0.227. The Bertz CT molecular complexity index is 563. The summed E-state index contributed by atoms with van der Waals surface area (Å²) >= 11 is 0. The maximum atomic E-state index is 11.9. The van der Waals surface area contributed by atoms with Crippen LogP contribution in [0.25, 0.3) is 0 Å². The topological polar surface area (TPSA) is 46.5 Å². The number of phenols is 1. The van der Waals surface area contributed by atoms with E-state index in [1.165, 1.54) is 51.4 Å². The molecule has 0 aromatic heterocycles. The van der Waals surface area contributed by atoms with Crippen molar-refractivity contribution >= 4 is 5.78 Å². The Morgan fingerprint density at radius 2 is 1.64 bits per heavy atom. The van der Waals surface area contributed by atoms with Crippen LogP contribution in [0.15, 0.2) is 30.4 Å². The summed E-state index contributed by atoms with van der Waals surface area (Å²) in [6.07, 6.45) is 18.4. The Morgan fingerprint density at radius 3 is 2.32 bits per heavy atom. The number of phenolic OH excluding ortho intramolecular Hbond substituents is 1. The Hall–Kier alpha value is -1.77. The summed E-state index contributed by atoms with van der Waals surface area (Å²) in [5.41, 5.74) is 1.11. The molecule has 0 bridgehead atoms. The molecular weight excluding hydrogens is 348 g/mol. The van der Waals surface area contributed by atoms with Crippen molar-refractivity contribution in [3.05, 3.63) is 35.9 Å². The summed E-state index contributed by atoms with van der Waals surface area (Å²) in [5.74, 6) is 0.967. The highest BCUT2D eigenvalue weighted by molar-refractivity contribution is 5.89. The standard InChI is InChI=1S/C25H40O3/c1-3-5-6-7-8-9-10-11-12-16-23(26)17-14-13-15-22-18-19-24(27)25(21-22)28-20-4-2/h14,17-19,21,27H,3-13,15-16,20H2,1-2H3. The van der Waals surface area contributed by atoms with Crippen molar-refractivity contribution < 1.29 is 14.6 Å². The minimum atomic E-state index is 0.184. The number of benzene rings is 1. The number of rotatable bonds is 17. The molecule has 0 aliphatic carbocycles. The highest BCUT2D eigenvalue weighted by atomic mass is 16.5. The summed E-state index contributed by atoms with van der Waals surface area (Å²) in [6.45, 7) is 4.89. The van der Waals surface area contributed by atoms with E-state index in [1.54, 1.807) is 12.1 Å². The van der Waals surface area contributed by atoms with Gasteiger partial charge in [-0.2, -0.15) is 0 Å². The molecule has 1 aromatic carbocycles. The van der Waals surface area contributed by atoms with Crippen LogP contribution in [0.1, 0.15) is 96.5 Å². The molecule has 0 spiro atoms. The van der Waals surface area contributed by atoms with E-state index in [-0.39, 0.29) is 11.5 Å². The lowest BCUT2D eigenvalue weighted by Gasteiger charge is -2.08. The molecule has 28 heavy (non-hydrogen) atoms. The SMILES string of the molecule is CCCCCCCCCCCC(=O)C=CCCc1ccc(O)c(OCCC)c1. The first-order chi connectivity index (χ1) is 13.7. The van der Waals surface area contributed by atoms with Gasteiger partial charge >= 0.3 is 0 Å². The molecule has 0 unspecified atom stereocenters. The van der Waals surface area contributed by atoms with Crippen LogP contribution in [0.5, 0.6) is 11.5 Å². The fourth-order valence-corrected chi connectivity index (χ4v) is 3.20. The number of ketones is 1. The minimum absolute atomic E-state index is 0.184. The van der Waals surface area contributed by atoms with Gasteiger partial charge in [-0.1, -0.05) is 77.4 Å². The summed E-state index contributed by atoms with van der Waals surface area (Å²) in [6, 6.07) is 5.48. The van der Waals surface area contributed by atoms with Gasteiger partial charge in [0.2, 0.25) is 0 Å². The number of hydrogen-bond acceptors (Lipinski definition) is 3. The van der Waals surface area contributed by atoms with Gasteiger partial charge in [-0.15, -0.1) is 0 Å². The zero-order chi connectivity index (χ0) is 20.5. The predicted molar refractivity (Wildman–Crippen MR) is 118 cm³/mol. The zero-order valence-electron chi connectivity index (χ0n) is 18.0. The first-order valence-corrected chi connectivity index (χ1v) is 11.3. The first kappa shape index (κ1) is 24.3. The third kappa shape index (κ3) is 11.8. The number of hydrogen-bond donors (Lipinski definition) is 1. The van der Waals surface area contributed by atoms with Gasteiger partial charge in [0.05, 0.1) is 6.61 Å². The maximum absolute atomic E-state index is 11.9. The molecule has 0 heterocycles. The molecule has 1 rings (SSSR count). The van der Waals surface area contributed by atoms with Crippen molar-refractivity contribution in [3.8, 4) is 11.5 Å². The largest absolute Gasteiger partial charge is 0.504 e. The lowest BCUT2D eigenvalue weighted by molar-refractivity contribution is -0.114. The number of carbonyl (C=O) groups excluding carboxylic acids is 1. The van der Waals surface area contributed by atoms with Gasteiger partial charge in [-0.05, 0) is 49.5 Å². The van der Waals surface area contributed by atoms with Crippen molar-refractivity contribution in [1.82, 2.24) is 0 Å². The molecule has 0 fully saturated rings. The summed E-state index contributed by atoms with van der Waals surface area (Å²) in [4.78, 5) is 11.9. The molecule has 0 saturated heterocycles. The van der Waals surface area contributed by atoms with E-state index < -0.39 is 0 Å². The van der Waals surface area contributed by atoms with Crippen molar-refractivity contribution in [3.63, 3.8) is 0 Å². The van der Waals surface area contributed by atoms with Crippen LogP contribution < -0.4 is 4.74 Å². The van der Waals surface area contributed by atoms with Gasteiger partial charge in [0, 0.05) is 6.42 Å². The number of allylic oxidation sites excluding steroid dienone is 2. The molecule has 0 atom stereocenters. The van der Waals surface area contributed by atoms with Crippen LogP contribution in [0.3, 0.4) is 0 Å². The van der Waals surface area contributed by atoms with E-state index in [1.807, 2.05) is 25.1 Å². The molecule has 0 radical (unpaired) electrons. The normalized spacial score (nSPS) is 11.2. The number of aryl methyl sites for hydroxylation is 1. The Balaban J connectivity index is 2.12. The van der Waals surface area contributed by atoms with Gasteiger partial charge in [-0.3, -0.25) is 4.79 Å². The summed E-state index contributed by atoms with van der Waals surface area (Å²) in [5, 5.41) is 9.81. The van der Waals surface area contributed by atoms with Crippen LogP contribution in [-0.2, 0) is 11.2 Å². The number of aromatic hydroxyl groups is 1. The van der Waals surface area contributed by atoms with Crippen molar-refractivity contribution in [2.45, 2.75) is 97.3 Å². The molecule has 0 amide bonds. The predicted octanol–water partition coefficient (Wildman–Crippen LogP) is 7.16. The second-order valence-corrected chi connectivity index (χ2v) is 7.64. The van der Waals surface area contributed by atoms with E-state index in [9.17, 15) is 9.90 Å². The Morgan fingerprint density at radius 1 is 0.964 bits per heavy atom. The molecule has 158 valence electrons. The Labute approximate surface area is 172 Å².